The third-order valence-electron chi connectivity index (χ3n) is 4.05. The van der Waals surface area contributed by atoms with E-state index in [-0.39, 0.29) is 5.91 Å². The standard InChI is InChI=1S/C21H20ClN3O/c1-14-3-5-16(6-4-14)13-24-18-9-10-23-20(12-18)21(26)25-19-8-7-17(22)11-15(19)2/h3-12H,13H2,1-2H3,(H,23,24)(H,25,26). The number of amides is 1. The molecular weight excluding hydrogens is 346 g/mol. The van der Waals surface area contributed by atoms with Gasteiger partial charge in [-0.1, -0.05) is 41.4 Å². The molecule has 0 bridgehead atoms. The van der Waals surface area contributed by atoms with Crippen molar-refractivity contribution < 1.29 is 4.79 Å². The summed E-state index contributed by atoms with van der Waals surface area (Å²) in [6.07, 6.45) is 1.63. The molecule has 0 radical (unpaired) electrons. The normalized spacial score (nSPS) is 10.4. The predicted molar refractivity (Wildman–Crippen MR) is 107 cm³/mol. The number of halogens is 1. The second-order valence-corrected chi connectivity index (χ2v) is 6.62. The minimum absolute atomic E-state index is 0.255. The van der Waals surface area contributed by atoms with Gasteiger partial charge >= 0.3 is 0 Å². The van der Waals surface area contributed by atoms with Crippen molar-refractivity contribution in [3.63, 3.8) is 0 Å². The molecule has 3 rings (SSSR count). The molecule has 0 aliphatic carbocycles. The Morgan fingerprint density at radius 1 is 1.04 bits per heavy atom. The highest BCUT2D eigenvalue weighted by Crippen LogP contribution is 2.20. The van der Waals surface area contributed by atoms with E-state index in [0.29, 0.717) is 17.3 Å². The summed E-state index contributed by atoms with van der Waals surface area (Å²) in [5.41, 5.74) is 5.23. The average Bonchev–Trinajstić information content (AvgIpc) is 2.64. The molecule has 0 spiro atoms. The van der Waals surface area contributed by atoms with Crippen molar-refractivity contribution in [1.29, 1.82) is 0 Å². The molecule has 0 fully saturated rings. The third-order valence-corrected chi connectivity index (χ3v) is 4.28. The highest BCUT2D eigenvalue weighted by atomic mass is 35.5. The van der Waals surface area contributed by atoms with Gasteiger partial charge in [0.2, 0.25) is 0 Å². The number of benzene rings is 2. The van der Waals surface area contributed by atoms with Crippen LogP contribution in [0.2, 0.25) is 5.02 Å². The summed E-state index contributed by atoms with van der Waals surface area (Å²) < 4.78 is 0. The summed E-state index contributed by atoms with van der Waals surface area (Å²) in [5, 5.41) is 6.83. The fourth-order valence-electron chi connectivity index (χ4n) is 2.53. The van der Waals surface area contributed by atoms with Crippen LogP contribution in [-0.2, 0) is 6.54 Å². The zero-order chi connectivity index (χ0) is 18.5. The van der Waals surface area contributed by atoms with Crippen LogP contribution in [0.5, 0.6) is 0 Å². The van der Waals surface area contributed by atoms with Crippen molar-refractivity contribution in [2.45, 2.75) is 20.4 Å². The molecule has 0 aliphatic rings. The Bertz CT molecular complexity index is 923. The zero-order valence-corrected chi connectivity index (χ0v) is 15.5. The first kappa shape index (κ1) is 18.0. The highest BCUT2D eigenvalue weighted by Gasteiger charge is 2.10. The quantitative estimate of drug-likeness (QED) is 0.652. The van der Waals surface area contributed by atoms with Gasteiger partial charge in [-0.3, -0.25) is 9.78 Å². The molecule has 0 saturated carbocycles. The first-order valence-corrected chi connectivity index (χ1v) is 8.72. The van der Waals surface area contributed by atoms with Gasteiger partial charge in [-0.05, 0) is 55.3 Å². The lowest BCUT2D eigenvalue weighted by atomic mass is 10.1. The molecule has 2 N–H and O–H groups in total. The number of nitrogens with one attached hydrogen (secondary N) is 2. The Kier molecular flexibility index (Phi) is 5.54. The van der Waals surface area contributed by atoms with Gasteiger partial charge < -0.3 is 10.6 Å². The third kappa shape index (κ3) is 4.61. The average molecular weight is 366 g/mol. The maximum absolute atomic E-state index is 12.5. The van der Waals surface area contributed by atoms with Crippen LogP contribution in [0.3, 0.4) is 0 Å². The summed E-state index contributed by atoms with van der Waals surface area (Å²) >= 11 is 5.95. The number of pyridine rings is 1. The van der Waals surface area contributed by atoms with Crippen LogP contribution in [0, 0.1) is 13.8 Å². The fourth-order valence-corrected chi connectivity index (χ4v) is 2.76. The number of rotatable bonds is 5. The summed E-state index contributed by atoms with van der Waals surface area (Å²) in [4.78, 5) is 16.7. The van der Waals surface area contributed by atoms with E-state index in [1.54, 1.807) is 24.4 Å². The van der Waals surface area contributed by atoms with Gasteiger partial charge in [0.1, 0.15) is 5.69 Å². The molecule has 4 nitrogen and oxygen atoms in total. The van der Waals surface area contributed by atoms with Crippen molar-refractivity contribution >= 4 is 28.9 Å². The Hall–Kier alpha value is -2.85. The van der Waals surface area contributed by atoms with Crippen molar-refractivity contribution in [2.24, 2.45) is 0 Å². The smallest absolute Gasteiger partial charge is 0.274 e. The molecule has 3 aromatic rings. The second kappa shape index (κ2) is 8.02. The summed E-state index contributed by atoms with van der Waals surface area (Å²) in [5.74, 6) is -0.255. The second-order valence-electron chi connectivity index (χ2n) is 6.18. The van der Waals surface area contributed by atoms with Crippen molar-refractivity contribution in [1.82, 2.24) is 4.98 Å². The zero-order valence-electron chi connectivity index (χ0n) is 14.7. The van der Waals surface area contributed by atoms with Gasteiger partial charge in [0, 0.05) is 29.1 Å². The number of hydrogen-bond donors (Lipinski definition) is 2. The lowest BCUT2D eigenvalue weighted by Crippen LogP contribution is -2.14. The lowest BCUT2D eigenvalue weighted by Gasteiger charge is -2.10. The Balaban J connectivity index is 1.67. The minimum atomic E-state index is -0.255. The summed E-state index contributed by atoms with van der Waals surface area (Å²) in [6, 6.07) is 17.3. The van der Waals surface area contributed by atoms with Crippen molar-refractivity contribution in [3.8, 4) is 0 Å². The van der Waals surface area contributed by atoms with Gasteiger partial charge in [0.25, 0.3) is 5.91 Å². The fraction of sp³-hybridized carbons (Fsp3) is 0.143. The van der Waals surface area contributed by atoms with Crippen LogP contribution in [0.25, 0.3) is 0 Å². The van der Waals surface area contributed by atoms with Crippen molar-refractivity contribution in [3.05, 3.63) is 88.2 Å². The van der Waals surface area contributed by atoms with E-state index < -0.39 is 0 Å². The number of aryl methyl sites for hydroxylation is 2. The summed E-state index contributed by atoms with van der Waals surface area (Å²) in [7, 11) is 0. The van der Waals surface area contributed by atoms with Gasteiger partial charge in [0.15, 0.2) is 0 Å². The molecule has 132 valence electrons. The van der Waals surface area contributed by atoms with E-state index in [1.807, 2.05) is 19.1 Å². The number of anilines is 2. The monoisotopic (exact) mass is 365 g/mol. The van der Waals surface area contributed by atoms with Crippen LogP contribution in [0.15, 0.2) is 60.8 Å². The topological polar surface area (TPSA) is 54.0 Å². The number of carbonyl (C=O) groups is 1. The maximum Gasteiger partial charge on any atom is 0.274 e. The van der Waals surface area contributed by atoms with Gasteiger partial charge in [-0.25, -0.2) is 0 Å². The molecule has 0 unspecified atom stereocenters. The molecule has 5 heteroatoms. The number of nitrogens with zero attached hydrogens (tertiary/aromatic N) is 1. The molecule has 0 saturated heterocycles. The Morgan fingerprint density at radius 2 is 1.81 bits per heavy atom. The number of aromatic nitrogens is 1. The van der Waals surface area contributed by atoms with E-state index in [4.69, 9.17) is 11.6 Å². The molecular formula is C21H20ClN3O. The van der Waals surface area contributed by atoms with E-state index in [1.165, 1.54) is 11.1 Å². The Morgan fingerprint density at radius 3 is 2.54 bits per heavy atom. The largest absolute Gasteiger partial charge is 0.381 e. The van der Waals surface area contributed by atoms with E-state index >= 15 is 0 Å². The van der Waals surface area contributed by atoms with E-state index in [0.717, 1.165) is 16.9 Å². The van der Waals surface area contributed by atoms with E-state index in [9.17, 15) is 4.79 Å². The van der Waals surface area contributed by atoms with Gasteiger partial charge in [-0.2, -0.15) is 0 Å². The summed E-state index contributed by atoms with van der Waals surface area (Å²) in [6.45, 7) is 4.64. The van der Waals surface area contributed by atoms with Crippen LogP contribution < -0.4 is 10.6 Å². The maximum atomic E-state index is 12.5. The van der Waals surface area contributed by atoms with Crippen LogP contribution in [0.4, 0.5) is 11.4 Å². The SMILES string of the molecule is Cc1ccc(CNc2ccnc(C(=O)Nc3ccc(Cl)cc3C)c2)cc1. The molecule has 1 aromatic heterocycles. The Labute approximate surface area is 158 Å². The minimum Gasteiger partial charge on any atom is -0.381 e. The molecule has 2 aromatic carbocycles. The van der Waals surface area contributed by atoms with E-state index in [2.05, 4.69) is 46.8 Å². The lowest BCUT2D eigenvalue weighted by molar-refractivity contribution is 0.102. The first-order valence-electron chi connectivity index (χ1n) is 8.34. The molecule has 1 amide bonds. The van der Waals surface area contributed by atoms with Gasteiger partial charge in [-0.15, -0.1) is 0 Å². The number of hydrogen-bond acceptors (Lipinski definition) is 3. The predicted octanol–water partition coefficient (Wildman–Crippen LogP) is 5.22. The molecule has 0 aliphatic heterocycles. The van der Waals surface area contributed by atoms with Crippen molar-refractivity contribution in [2.75, 3.05) is 10.6 Å². The molecule has 0 atom stereocenters. The molecule has 26 heavy (non-hydrogen) atoms. The van der Waals surface area contributed by atoms with Crippen LogP contribution in [-0.4, -0.2) is 10.9 Å². The van der Waals surface area contributed by atoms with Crippen LogP contribution in [0.1, 0.15) is 27.2 Å². The number of carbonyl (C=O) groups excluding carboxylic acids is 1. The molecule has 1 heterocycles. The first-order chi connectivity index (χ1) is 12.5. The van der Waals surface area contributed by atoms with Gasteiger partial charge in [0.05, 0.1) is 0 Å². The highest BCUT2D eigenvalue weighted by molar-refractivity contribution is 6.30. The van der Waals surface area contributed by atoms with Crippen LogP contribution >= 0.6 is 11.6 Å².